The number of anilines is 3. The number of fused-ring (bicyclic) bond motifs is 4. The second kappa shape index (κ2) is 14.3. The summed E-state index contributed by atoms with van der Waals surface area (Å²) in [4.78, 5) is 9.67. The van der Waals surface area contributed by atoms with Crippen molar-refractivity contribution in [1.82, 2.24) is 9.55 Å². The minimum Gasteiger partial charge on any atom is -0.355 e. The molecule has 0 saturated carbocycles. The maximum atomic E-state index is 4.99. The number of hydrogen-bond acceptors (Lipinski definition) is 3. The van der Waals surface area contributed by atoms with E-state index in [-0.39, 0.29) is 21.1 Å². The SMILES string of the molecule is CN1CN(c2[c-]c([Si](c3[c-]c4c(cc3)c3ccccc3n4-c3cc(-c4ccccc4)ccn3)(c3ccccc3)c3ccccc3)ccc2)c2ccccc21.[Pt+2]. The molecule has 0 unspecified atom stereocenters. The molecule has 3 heterocycles. The van der Waals surface area contributed by atoms with Gasteiger partial charge < -0.3 is 14.4 Å². The molecule has 55 heavy (non-hydrogen) atoms. The zero-order valence-corrected chi connectivity index (χ0v) is 33.5. The van der Waals surface area contributed by atoms with E-state index in [0.29, 0.717) is 0 Å². The van der Waals surface area contributed by atoms with Gasteiger partial charge in [-0.2, -0.15) is 46.8 Å². The Bertz CT molecular complexity index is 2750. The molecule has 1 aliphatic rings. The molecular weight excluding hydrogens is 868 g/mol. The molecule has 0 bridgehead atoms. The third kappa shape index (κ3) is 5.74. The monoisotopic (exact) mass is 903 g/mol. The Morgan fingerprint density at radius 3 is 1.93 bits per heavy atom. The average molecular weight is 904 g/mol. The molecule has 0 spiro atoms. The third-order valence-corrected chi connectivity index (χ3v) is 15.5. The van der Waals surface area contributed by atoms with Crippen LogP contribution in [0.5, 0.6) is 0 Å². The van der Waals surface area contributed by atoms with Crippen LogP contribution in [0.1, 0.15) is 0 Å². The van der Waals surface area contributed by atoms with Gasteiger partial charge in [-0.25, -0.2) is 4.98 Å². The topological polar surface area (TPSA) is 24.3 Å². The van der Waals surface area contributed by atoms with Gasteiger partial charge in [0.1, 0.15) is 13.9 Å². The van der Waals surface area contributed by atoms with Gasteiger partial charge in [-0.1, -0.05) is 133 Å². The zero-order chi connectivity index (χ0) is 36.1. The Labute approximate surface area is 337 Å². The van der Waals surface area contributed by atoms with Crippen molar-refractivity contribution in [3.8, 4) is 16.9 Å². The Balaban J connectivity index is 0.00000397. The summed E-state index contributed by atoms with van der Waals surface area (Å²) in [6.07, 6.45) is 1.92. The largest absolute Gasteiger partial charge is 2.00 e. The smallest absolute Gasteiger partial charge is 0.355 e. The number of nitrogens with zero attached hydrogens (tertiary/aromatic N) is 4. The summed E-state index contributed by atoms with van der Waals surface area (Å²) in [6, 6.07) is 73.7. The van der Waals surface area contributed by atoms with Crippen molar-refractivity contribution < 1.29 is 21.1 Å². The third-order valence-electron chi connectivity index (χ3n) is 10.9. The van der Waals surface area contributed by atoms with Crippen LogP contribution in [0, 0.1) is 12.1 Å². The fraction of sp³-hybridized carbons (Fsp3) is 0.0408. The molecule has 10 rings (SSSR count). The number of hydrogen-bond donors (Lipinski definition) is 0. The van der Waals surface area contributed by atoms with Gasteiger partial charge in [0, 0.05) is 18.8 Å². The first-order chi connectivity index (χ1) is 26.7. The minimum absolute atomic E-state index is 0. The Morgan fingerprint density at radius 2 is 1.18 bits per heavy atom. The fourth-order valence-corrected chi connectivity index (χ4v) is 13.0. The van der Waals surface area contributed by atoms with E-state index in [9.17, 15) is 0 Å². The van der Waals surface area contributed by atoms with E-state index in [0.717, 1.165) is 45.7 Å². The molecule has 1 aliphatic heterocycles. The number of para-hydroxylation sites is 3. The molecule has 0 saturated heterocycles. The summed E-state index contributed by atoms with van der Waals surface area (Å²) in [7, 11) is -0.874. The van der Waals surface area contributed by atoms with E-state index in [1.54, 1.807) is 0 Å². The molecular formula is C49H36N4PtSi. The molecule has 0 radical (unpaired) electrons. The molecule has 9 aromatic rings. The first kappa shape index (κ1) is 34.7. The summed E-state index contributed by atoms with van der Waals surface area (Å²) >= 11 is 0. The second-order valence-corrected chi connectivity index (χ2v) is 17.7. The fourth-order valence-electron chi connectivity index (χ4n) is 8.43. The normalized spacial score (nSPS) is 12.5. The van der Waals surface area contributed by atoms with Crippen molar-refractivity contribution in [2.24, 2.45) is 0 Å². The van der Waals surface area contributed by atoms with Crippen LogP contribution in [0.2, 0.25) is 0 Å². The maximum absolute atomic E-state index is 4.99. The van der Waals surface area contributed by atoms with E-state index in [1.165, 1.54) is 37.5 Å². The van der Waals surface area contributed by atoms with Crippen molar-refractivity contribution in [2.75, 3.05) is 23.5 Å². The number of benzene rings is 7. The summed E-state index contributed by atoms with van der Waals surface area (Å²) in [5, 5.41) is 7.26. The van der Waals surface area contributed by atoms with E-state index in [1.807, 2.05) is 6.20 Å². The zero-order valence-electron chi connectivity index (χ0n) is 30.2. The predicted octanol–water partition coefficient (Wildman–Crippen LogP) is 8.37. The molecule has 0 aliphatic carbocycles. The van der Waals surface area contributed by atoms with Crippen LogP contribution < -0.4 is 30.5 Å². The van der Waals surface area contributed by atoms with E-state index in [2.05, 4.69) is 216 Å². The standard InChI is InChI=1S/C49H36N4Si.Pt/c1-51-35-52(47-27-14-13-26-46(47)51)38-18-15-23-41(33-38)54(39-19-7-3-8-20-39,40-21-9-4-10-22-40)42-28-29-44-43-24-11-12-25-45(43)53(48(44)34-42)49-32-37(30-31-50-49)36-16-5-2-6-17-36;/h2-32H,35H2,1H3;/q-2;+2. The van der Waals surface area contributed by atoms with Crippen molar-refractivity contribution in [1.29, 1.82) is 0 Å². The van der Waals surface area contributed by atoms with Crippen molar-refractivity contribution in [3.05, 3.63) is 200 Å². The van der Waals surface area contributed by atoms with Crippen LogP contribution in [0.4, 0.5) is 17.1 Å². The first-order valence-electron chi connectivity index (χ1n) is 18.4. The summed E-state index contributed by atoms with van der Waals surface area (Å²) in [6.45, 7) is 0.762. The maximum Gasteiger partial charge on any atom is 2.00 e. The van der Waals surface area contributed by atoms with Gasteiger partial charge in [-0.15, -0.1) is 11.5 Å². The van der Waals surface area contributed by atoms with Gasteiger partial charge >= 0.3 is 21.1 Å². The van der Waals surface area contributed by atoms with Gasteiger partial charge in [0.05, 0.1) is 18.0 Å². The van der Waals surface area contributed by atoms with Crippen molar-refractivity contribution in [3.63, 3.8) is 0 Å². The van der Waals surface area contributed by atoms with Crippen LogP contribution in [-0.4, -0.2) is 31.3 Å². The molecule has 0 fully saturated rings. The van der Waals surface area contributed by atoms with Gasteiger partial charge in [0.15, 0.2) is 0 Å². The Morgan fingerprint density at radius 1 is 0.545 bits per heavy atom. The van der Waals surface area contributed by atoms with E-state index in [4.69, 9.17) is 4.98 Å². The van der Waals surface area contributed by atoms with E-state index < -0.39 is 8.07 Å². The van der Waals surface area contributed by atoms with E-state index >= 15 is 0 Å². The number of aromatic nitrogens is 2. The van der Waals surface area contributed by atoms with Gasteiger partial charge in [-0.3, -0.25) is 0 Å². The number of rotatable bonds is 7. The minimum atomic E-state index is -3.03. The van der Waals surface area contributed by atoms with Crippen LogP contribution in [0.3, 0.4) is 0 Å². The number of pyridine rings is 1. The van der Waals surface area contributed by atoms with Crippen LogP contribution in [-0.2, 0) is 21.1 Å². The van der Waals surface area contributed by atoms with Crippen LogP contribution >= 0.6 is 0 Å². The molecule has 2 aromatic heterocycles. The molecule has 0 atom stereocenters. The van der Waals surface area contributed by atoms with Gasteiger partial charge in [0.2, 0.25) is 0 Å². The van der Waals surface area contributed by atoms with Gasteiger partial charge in [-0.05, 0) is 57.2 Å². The average Bonchev–Trinajstić information content (AvgIpc) is 3.77. The van der Waals surface area contributed by atoms with Crippen LogP contribution in [0.25, 0.3) is 38.8 Å². The first-order valence-corrected chi connectivity index (χ1v) is 20.4. The predicted molar refractivity (Wildman–Crippen MR) is 227 cm³/mol. The summed E-state index contributed by atoms with van der Waals surface area (Å²) in [5.74, 6) is 0.869. The molecule has 0 amide bonds. The molecule has 7 aromatic carbocycles. The second-order valence-electron chi connectivity index (χ2n) is 13.9. The molecule has 4 nitrogen and oxygen atoms in total. The van der Waals surface area contributed by atoms with Gasteiger partial charge in [0.25, 0.3) is 0 Å². The molecule has 0 N–H and O–H groups in total. The Hall–Kier alpha value is -6.00. The Kier molecular flexibility index (Phi) is 9.05. The molecule has 6 heteroatoms. The molecule has 266 valence electrons. The van der Waals surface area contributed by atoms with Crippen molar-refractivity contribution >= 4 is 67.7 Å². The summed E-state index contributed by atoms with van der Waals surface area (Å²) < 4.78 is 2.30. The quantitative estimate of drug-likeness (QED) is 0.0914. The van der Waals surface area contributed by atoms with Crippen LogP contribution in [0.15, 0.2) is 188 Å². The summed E-state index contributed by atoms with van der Waals surface area (Å²) in [5.41, 5.74) is 7.89. The van der Waals surface area contributed by atoms with Crippen molar-refractivity contribution in [2.45, 2.75) is 0 Å².